The van der Waals surface area contributed by atoms with E-state index in [1.54, 1.807) is 0 Å². The third kappa shape index (κ3) is 3.92. The average Bonchev–Trinajstić information content (AvgIpc) is 2.98. The molecule has 0 amide bonds. The molecule has 3 N–H and O–H groups in total. The zero-order chi connectivity index (χ0) is 12.3. The third-order valence-electron chi connectivity index (χ3n) is 2.96. The average molecular weight is 240 g/mol. The van der Waals surface area contributed by atoms with E-state index in [9.17, 15) is 18.3 Å². The van der Waals surface area contributed by atoms with Gasteiger partial charge >= 0.3 is 6.18 Å². The van der Waals surface area contributed by atoms with Crippen molar-refractivity contribution in [3.63, 3.8) is 0 Å². The van der Waals surface area contributed by atoms with Gasteiger partial charge in [-0.3, -0.25) is 4.90 Å². The highest BCUT2D eigenvalue weighted by atomic mass is 19.4. The summed E-state index contributed by atoms with van der Waals surface area (Å²) in [7, 11) is 0. The van der Waals surface area contributed by atoms with Crippen molar-refractivity contribution in [1.82, 2.24) is 4.90 Å². The summed E-state index contributed by atoms with van der Waals surface area (Å²) < 4.78 is 37.2. The van der Waals surface area contributed by atoms with E-state index in [4.69, 9.17) is 5.73 Å². The number of hydrogen-bond donors (Lipinski definition) is 2. The normalized spacial score (nSPS) is 21.2. The molecule has 2 atom stereocenters. The summed E-state index contributed by atoms with van der Waals surface area (Å²) in [5, 5.41) is 9.18. The van der Waals surface area contributed by atoms with E-state index in [0.29, 0.717) is 6.42 Å². The molecule has 96 valence electrons. The minimum atomic E-state index is -4.23. The molecule has 0 radical (unpaired) electrons. The van der Waals surface area contributed by atoms with E-state index in [0.717, 1.165) is 12.8 Å². The van der Waals surface area contributed by atoms with Gasteiger partial charge in [-0.2, -0.15) is 13.2 Å². The molecule has 1 fully saturated rings. The molecule has 0 aromatic heterocycles. The lowest BCUT2D eigenvalue weighted by Crippen LogP contribution is -2.53. The molecule has 3 nitrogen and oxygen atoms in total. The van der Waals surface area contributed by atoms with Crippen molar-refractivity contribution in [2.75, 3.05) is 13.2 Å². The fourth-order valence-corrected chi connectivity index (χ4v) is 1.89. The van der Waals surface area contributed by atoms with E-state index >= 15 is 0 Å². The van der Waals surface area contributed by atoms with Gasteiger partial charge in [0.2, 0.25) is 0 Å². The lowest BCUT2D eigenvalue weighted by atomic mass is 10.1. The molecule has 6 heteroatoms. The van der Waals surface area contributed by atoms with Crippen LogP contribution < -0.4 is 5.73 Å². The Morgan fingerprint density at radius 3 is 2.31 bits per heavy atom. The summed E-state index contributed by atoms with van der Waals surface area (Å²) in [6, 6.07) is -1.05. The van der Waals surface area contributed by atoms with E-state index in [1.807, 2.05) is 6.92 Å². The van der Waals surface area contributed by atoms with Gasteiger partial charge in [-0.05, 0) is 19.3 Å². The molecule has 0 bridgehead atoms. The van der Waals surface area contributed by atoms with Crippen molar-refractivity contribution in [3.8, 4) is 0 Å². The first-order chi connectivity index (χ1) is 7.39. The van der Waals surface area contributed by atoms with E-state index in [1.165, 1.54) is 4.90 Å². The first kappa shape index (κ1) is 13.7. The molecular formula is C10H19F3N2O. The van der Waals surface area contributed by atoms with Gasteiger partial charge in [-0.25, -0.2) is 0 Å². The van der Waals surface area contributed by atoms with Gasteiger partial charge in [0.05, 0.1) is 13.2 Å². The lowest BCUT2D eigenvalue weighted by Gasteiger charge is -2.34. The van der Waals surface area contributed by atoms with Crippen molar-refractivity contribution in [2.24, 2.45) is 5.73 Å². The molecule has 1 saturated carbocycles. The largest absolute Gasteiger partial charge is 0.401 e. The monoisotopic (exact) mass is 240 g/mol. The number of alkyl halides is 3. The lowest BCUT2D eigenvalue weighted by molar-refractivity contribution is -0.155. The quantitative estimate of drug-likeness (QED) is 0.731. The second-order valence-corrected chi connectivity index (χ2v) is 4.34. The Labute approximate surface area is 93.4 Å². The molecule has 0 heterocycles. The number of nitrogens with zero attached hydrogens (tertiary/aromatic N) is 1. The van der Waals surface area contributed by atoms with Crippen molar-refractivity contribution < 1.29 is 18.3 Å². The van der Waals surface area contributed by atoms with Crippen molar-refractivity contribution >= 4 is 0 Å². The number of aliphatic hydroxyl groups is 1. The Bertz CT molecular complexity index is 219. The SMILES string of the molecule is CCC(N)C(CO)N(CC(F)(F)F)C1CC1. The van der Waals surface area contributed by atoms with E-state index in [-0.39, 0.29) is 12.6 Å². The second kappa shape index (κ2) is 5.33. The van der Waals surface area contributed by atoms with Crippen molar-refractivity contribution in [2.45, 2.75) is 50.5 Å². The topological polar surface area (TPSA) is 49.5 Å². The zero-order valence-electron chi connectivity index (χ0n) is 9.37. The van der Waals surface area contributed by atoms with Crippen LogP contribution in [0.1, 0.15) is 26.2 Å². The fourth-order valence-electron chi connectivity index (χ4n) is 1.89. The Hall–Kier alpha value is -0.330. The molecule has 16 heavy (non-hydrogen) atoms. The number of aliphatic hydroxyl groups excluding tert-OH is 1. The van der Waals surface area contributed by atoms with E-state index in [2.05, 4.69) is 0 Å². The third-order valence-corrected chi connectivity index (χ3v) is 2.96. The predicted octanol–water partition coefficient (Wildman–Crippen LogP) is 1.11. The van der Waals surface area contributed by atoms with Crippen LogP contribution in [-0.2, 0) is 0 Å². The Balaban J connectivity index is 2.66. The maximum Gasteiger partial charge on any atom is 0.401 e. The molecule has 1 aliphatic rings. The summed E-state index contributed by atoms with van der Waals surface area (Å²) in [6.45, 7) is 0.518. The van der Waals surface area contributed by atoms with Gasteiger partial charge in [0.25, 0.3) is 0 Å². The minimum absolute atomic E-state index is 0.0589. The van der Waals surface area contributed by atoms with Gasteiger partial charge in [0.15, 0.2) is 0 Å². The highest BCUT2D eigenvalue weighted by Gasteiger charge is 2.42. The first-order valence-corrected chi connectivity index (χ1v) is 5.58. The molecule has 0 spiro atoms. The van der Waals surface area contributed by atoms with Crippen LogP contribution in [0.4, 0.5) is 13.2 Å². The Kier molecular flexibility index (Phi) is 4.58. The summed E-state index contributed by atoms with van der Waals surface area (Å²) in [6.07, 6.45) is -2.14. The molecule has 0 aromatic rings. The first-order valence-electron chi connectivity index (χ1n) is 5.58. The standard InChI is InChI=1S/C10H19F3N2O/c1-2-8(14)9(5-16)15(7-3-4-7)6-10(11,12)13/h7-9,16H,2-6,14H2,1H3. The number of halogens is 3. The van der Waals surface area contributed by atoms with Gasteiger partial charge in [0.1, 0.15) is 0 Å². The second-order valence-electron chi connectivity index (χ2n) is 4.34. The summed E-state index contributed by atoms with van der Waals surface area (Å²) in [5.41, 5.74) is 5.74. The Morgan fingerprint density at radius 2 is 2.00 bits per heavy atom. The van der Waals surface area contributed by atoms with Gasteiger partial charge < -0.3 is 10.8 Å². The van der Waals surface area contributed by atoms with Crippen molar-refractivity contribution in [3.05, 3.63) is 0 Å². The number of nitrogens with two attached hydrogens (primary N) is 1. The van der Waals surface area contributed by atoms with Crippen LogP contribution in [-0.4, -0.2) is 47.5 Å². The van der Waals surface area contributed by atoms with Crippen LogP contribution in [0.15, 0.2) is 0 Å². The molecule has 0 aliphatic heterocycles. The van der Waals surface area contributed by atoms with Crippen LogP contribution in [0.3, 0.4) is 0 Å². The summed E-state index contributed by atoms with van der Waals surface area (Å²) in [4.78, 5) is 1.31. The van der Waals surface area contributed by atoms with Crippen LogP contribution in [0, 0.1) is 0 Å². The maximum atomic E-state index is 12.4. The minimum Gasteiger partial charge on any atom is -0.395 e. The van der Waals surface area contributed by atoms with Crippen LogP contribution in [0.5, 0.6) is 0 Å². The Morgan fingerprint density at radius 1 is 1.44 bits per heavy atom. The van der Waals surface area contributed by atoms with Crippen molar-refractivity contribution in [1.29, 1.82) is 0 Å². The van der Waals surface area contributed by atoms with E-state index < -0.39 is 24.8 Å². The number of rotatable bonds is 6. The molecule has 2 unspecified atom stereocenters. The predicted molar refractivity (Wildman–Crippen MR) is 54.9 cm³/mol. The van der Waals surface area contributed by atoms with Crippen LogP contribution in [0.2, 0.25) is 0 Å². The molecule has 0 aromatic carbocycles. The van der Waals surface area contributed by atoms with Crippen LogP contribution in [0.25, 0.3) is 0 Å². The van der Waals surface area contributed by atoms with Gasteiger partial charge in [-0.1, -0.05) is 6.92 Å². The fraction of sp³-hybridized carbons (Fsp3) is 1.00. The van der Waals surface area contributed by atoms with Gasteiger partial charge in [0, 0.05) is 18.1 Å². The molecule has 1 aliphatic carbocycles. The molecule has 1 rings (SSSR count). The zero-order valence-corrected chi connectivity index (χ0v) is 9.37. The smallest absolute Gasteiger partial charge is 0.395 e. The maximum absolute atomic E-state index is 12.4. The highest BCUT2D eigenvalue weighted by molar-refractivity contribution is 4.93. The van der Waals surface area contributed by atoms with Gasteiger partial charge in [-0.15, -0.1) is 0 Å². The molecular weight excluding hydrogens is 221 g/mol. The number of hydrogen-bond acceptors (Lipinski definition) is 3. The molecule has 0 saturated heterocycles. The summed E-state index contributed by atoms with van der Waals surface area (Å²) in [5.74, 6) is 0. The highest BCUT2D eigenvalue weighted by Crippen LogP contribution is 2.32. The summed E-state index contributed by atoms with van der Waals surface area (Å²) >= 11 is 0. The van der Waals surface area contributed by atoms with Crippen LogP contribution >= 0.6 is 0 Å².